The molecule has 0 aliphatic carbocycles. The third-order valence-corrected chi connectivity index (χ3v) is 4.16. The van der Waals surface area contributed by atoms with Crippen molar-refractivity contribution in [1.82, 2.24) is 9.78 Å². The van der Waals surface area contributed by atoms with Gasteiger partial charge in [0.15, 0.2) is 5.92 Å². The molecule has 0 bridgehead atoms. The Balaban J connectivity index is 2.61. The summed E-state index contributed by atoms with van der Waals surface area (Å²) < 4.78 is 17.2. The van der Waals surface area contributed by atoms with Crippen molar-refractivity contribution in [1.29, 1.82) is 0 Å². The highest BCUT2D eigenvalue weighted by atomic mass is 16.6. The van der Waals surface area contributed by atoms with Crippen LogP contribution in [0.25, 0.3) is 0 Å². The zero-order chi connectivity index (χ0) is 20.0. The minimum absolute atomic E-state index is 0.168. The fourth-order valence-corrected chi connectivity index (χ4v) is 3.02. The molecule has 0 fully saturated rings. The summed E-state index contributed by atoms with van der Waals surface area (Å²) in [5.74, 6) is -1.76. The van der Waals surface area contributed by atoms with Crippen LogP contribution in [0.5, 0.6) is 5.75 Å². The van der Waals surface area contributed by atoms with Gasteiger partial charge in [-0.05, 0) is 51.5 Å². The topological polar surface area (TPSA) is 79.7 Å². The maximum atomic E-state index is 12.7. The molecule has 0 saturated heterocycles. The molecule has 27 heavy (non-hydrogen) atoms. The number of rotatable bonds is 8. The maximum Gasteiger partial charge on any atom is 0.322 e. The van der Waals surface area contributed by atoms with E-state index < -0.39 is 23.9 Å². The molecule has 0 aliphatic heterocycles. The summed E-state index contributed by atoms with van der Waals surface area (Å²) in [6.07, 6.45) is 0. The van der Waals surface area contributed by atoms with E-state index in [4.69, 9.17) is 14.2 Å². The van der Waals surface area contributed by atoms with Gasteiger partial charge in [-0.25, -0.2) is 0 Å². The zero-order valence-corrected chi connectivity index (χ0v) is 16.4. The largest absolute Gasteiger partial charge is 0.497 e. The van der Waals surface area contributed by atoms with E-state index in [1.54, 1.807) is 37.8 Å². The summed E-state index contributed by atoms with van der Waals surface area (Å²) in [4.78, 5) is 25.4. The maximum absolute atomic E-state index is 12.7. The Bertz CT molecular complexity index is 764. The molecular weight excluding hydrogens is 348 g/mol. The molecule has 146 valence electrons. The number of hydrogen-bond donors (Lipinski definition) is 0. The SMILES string of the molecule is CCOC(=O)C(C(=O)OCC)[C@H](c1ccc(OC)cc1)n1nc(C)cc1C. The highest BCUT2D eigenvalue weighted by molar-refractivity contribution is 5.96. The molecule has 1 aromatic carbocycles. The van der Waals surface area contributed by atoms with Crippen LogP contribution in [-0.2, 0) is 19.1 Å². The van der Waals surface area contributed by atoms with E-state index in [9.17, 15) is 9.59 Å². The highest BCUT2D eigenvalue weighted by Crippen LogP contribution is 2.31. The highest BCUT2D eigenvalue weighted by Gasteiger charge is 2.40. The van der Waals surface area contributed by atoms with Crippen molar-refractivity contribution in [2.75, 3.05) is 20.3 Å². The number of aryl methyl sites for hydroxylation is 2. The van der Waals surface area contributed by atoms with Crippen molar-refractivity contribution in [2.24, 2.45) is 5.92 Å². The van der Waals surface area contributed by atoms with Crippen molar-refractivity contribution in [2.45, 2.75) is 33.7 Å². The molecule has 1 heterocycles. The lowest BCUT2D eigenvalue weighted by molar-refractivity contribution is -0.163. The van der Waals surface area contributed by atoms with Gasteiger partial charge in [0, 0.05) is 5.69 Å². The van der Waals surface area contributed by atoms with Gasteiger partial charge in [0.05, 0.1) is 26.0 Å². The molecule has 0 spiro atoms. The van der Waals surface area contributed by atoms with Crippen molar-refractivity contribution >= 4 is 11.9 Å². The Hall–Kier alpha value is -2.83. The van der Waals surface area contributed by atoms with Crippen molar-refractivity contribution in [3.63, 3.8) is 0 Å². The van der Waals surface area contributed by atoms with Crippen LogP contribution in [-0.4, -0.2) is 42.0 Å². The molecule has 0 saturated carbocycles. The predicted molar refractivity (Wildman–Crippen MR) is 99.6 cm³/mol. The molecule has 7 nitrogen and oxygen atoms in total. The number of benzene rings is 1. The Morgan fingerprint density at radius 3 is 2.00 bits per heavy atom. The smallest absolute Gasteiger partial charge is 0.322 e. The van der Waals surface area contributed by atoms with E-state index in [-0.39, 0.29) is 13.2 Å². The molecule has 7 heteroatoms. The van der Waals surface area contributed by atoms with E-state index in [2.05, 4.69) is 5.10 Å². The zero-order valence-electron chi connectivity index (χ0n) is 16.4. The first-order valence-corrected chi connectivity index (χ1v) is 8.92. The average Bonchev–Trinajstić information content (AvgIpc) is 2.97. The summed E-state index contributed by atoms with van der Waals surface area (Å²) in [7, 11) is 1.58. The van der Waals surface area contributed by atoms with Gasteiger partial charge in [-0.2, -0.15) is 5.10 Å². The van der Waals surface area contributed by atoms with Crippen LogP contribution in [0.2, 0.25) is 0 Å². The Morgan fingerprint density at radius 1 is 1.04 bits per heavy atom. The van der Waals surface area contributed by atoms with Crippen LogP contribution in [0.3, 0.4) is 0 Å². The molecule has 0 unspecified atom stereocenters. The molecule has 0 radical (unpaired) electrons. The van der Waals surface area contributed by atoms with E-state index in [1.165, 1.54) is 0 Å². The second-order valence-corrected chi connectivity index (χ2v) is 6.07. The fraction of sp³-hybridized carbons (Fsp3) is 0.450. The van der Waals surface area contributed by atoms with Gasteiger partial charge in [0.25, 0.3) is 0 Å². The Kier molecular flexibility index (Phi) is 6.98. The minimum Gasteiger partial charge on any atom is -0.497 e. The molecule has 2 aromatic rings. The number of carbonyl (C=O) groups excluding carboxylic acids is 2. The first kappa shape index (κ1) is 20.5. The lowest BCUT2D eigenvalue weighted by atomic mass is 9.92. The van der Waals surface area contributed by atoms with E-state index in [0.29, 0.717) is 5.75 Å². The third kappa shape index (κ3) is 4.67. The molecule has 1 atom stereocenters. The van der Waals surface area contributed by atoms with Gasteiger partial charge in [0.1, 0.15) is 11.8 Å². The van der Waals surface area contributed by atoms with E-state index in [0.717, 1.165) is 17.0 Å². The van der Waals surface area contributed by atoms with Gasteiger partial charge >= 0.3 is 11.9 Å². The molecule has 0 aliphatic rings. The second kappa shape index (κ2) is 9.21. The number of methoxy groups -OCH3 is 1. The number of hydrogen-bond acceptors (Lipinski definition) is 6. The normalized spacial score (nSPS) is 11.9. The second-order valence-electron chi connectivity index (χ2n) is 6.07. The summed E-state index contributed by atoms with van der Waals surface area (Å²) in [5.41, 5.74) is 2.34. The van der Waals surface area contributed by atoms with Gasteiger partial charge in [-0.15, -0.1) is 0 Å². The quantitative estimate of drug-likeness (QED) is 0.522. The number of ether oxygens (including phenoxy) is 3. The Morgan fingerprint density at radius 2 is 1.59 bits per heavy atom. The van der Waals surface area contributed by atoms with Crippen molar-refractivity contribution < 1.29 is 23.8 Å². The summed E-state index contributed by atoms with van der Waals surface area (Å²) in [6, 6.07) is 8.38. The lowest BCUT2D eigenvalue weighted by Crippen LogP contribution is -2.37. The lowest BCUT2D eigenvalue weighted by Gasteiger charge is -2.26. The third-order valence-electron chi connectivity index (χ3n) is 4.16. The van der Waals surface area contributed by atoms with Crippen LogP contribution in [0.15, 0.2) is 30.3 Å². The predicted octanol–water partition coefficient (Wildman–Crippen LogP) is 2.84. The molecule has 1 aromatic heterocycles. The number of carbonyl (C=O) groups is 2. The van der Waals surface area contributed by atoms with Gasteiger partial charge in [-0.1, -0.05) is 12.1 Å². The monoisotopic (exact) mass is 374 g/mol. The molecule has 0 amide bonds. The van der Waals surface area contributed by atoms with Gasteiger partial charge in [-0.3, -0.25) is 14.3 Å². The minimum atomic E-state index is -1.17. The van der Waals surface area contributed by atoms with E-state index in [1.807, 2.05) is 32.0 Å². The summed E-state index contributed by atoms with van der Waals surface area (Å²) >= 11 is 0. The number of esters is 2. The fourth-order valence-electron chi connectivity index (χ4n) is 3.02. The molecular formula is C20H26N2O5. The summed E-state index contributed by atoms with van der Waals surface area (Å²) in [5, 5.41) is 4.51. The summed E-state index contributed by atoms with van der Waals surface area (Å²) in [6.45, 7) is 7.47. The Labute approximate surface area is 159 Å². The molecule has 2 rings (SSSR count). The van der Waals surface area contributed by atoms with Crippen LogP contribution in [0, 0.1) is 19.8 Å². The van der Waals surface area contributed by atoms with Crippen molar-refractivity contribution in [3.05, 3.63) is 47.3 Å². The molecule has 0 N–H and O–H groups in total. The number of nitrogens with zero attached hydrogens (tertiary/aromatic N) is 2. The van der Waals surface area contributed by atoms with Crippen LogP contribution < -0.4 is 4.74 Å². The first-order valence-electron chi connectivity index (χ1n) is 8.92. The van der Waals surface area contributed by atoms with Gasteiger partial charge < -0.3 is 14.2 Å². The van der Waals surface area contributed by atoms with Crippen molar-refractivity contribution in [3.8, 4) is 5.75 Å². The average molecular weight is 374 g/mol. The number of aromatic nitrogens is 2. The van der Waals surface area contributed by atoms with Crippen LogP contribution >= 0.6 is 0 Å². The van der Waals surface area contributed by atoms with E-state index >= 15 is 0 Å². The van der Waals surface area contributed by atoms with Crippen LogP contribution in [0.4, 0.5) is 0 Å². The standard InChI is InChI=1S/C20H26N2O5/c1-6-26-19(23)17(20(24)27-7-2)18(22-14(4)12-13(3)21-22)15-8-10-16(25-5)11-9-15/h8-12,17-18H,6-7H2,1-5H3/t18-/m0/s1. The van der Waals surface area contributed by atoms with Gasteiger partial charge in [0.2, 0.25) is 0 Å². The van der Waals surface area contributed by atoms with Crippen LogP contribution in [0.1, 0.15) is 36.8 Å². The first-order chi connectivity index (χ1) is 12.9.